The highest BCUT2D eigenvalue weighted by Crippen LogP contribution is 2.87. The number of ketones is 1. The molecular formula is C91H99NO9. The van der Waals surface area contributed by atoms with Crippen molar-refractivity contribution in [2.24, 2.45) is 69.0 Å². The fourth-order valence-corrected chi connectivity index (χ4v) is 31.6. The average molecular weight is 1350 g/mol. The number of phenols is 3. The molecule has 4 aromatic carbocycles. The molecule has 10 nitrogen and oxygen atoms in total. The first-order valence-corrected chi connectivity index (χ1v) is 40.1. The molecule has 8 saturated carbocycles. The van der Waals surface area contributed by atoms with Crippen molar-refractivity contribution in [2.75, 3.05) is 7.11 Å². The zero-order valence-electron chi connectivity index (χ0n) is 58.8. The molecule has 19 aliphatic carbocycles. The molecule has 0 aromatic heterocycles. The Labute approximate surface area is 595 Å². The van der Waals surface area contributed by atoms with Crippen molar-refractivity contribution >= 4 is 5.78 Å². The highest BCUT2D eigenvalue weighted by Gasteiger charge is 2.85. The zero-order valence-corrected chi connectivity index (χ0v) is 58.8. The van der Waals surface area contributed by atoms with Gasteiger partial charge in [0, 0.05) is 81.6 Å². The van der Waals surface area contributed by atoms with Crippen LogP contribution < -0.4 is 10.1 Å². The van der Waals surface area contributed by atoms with Crippen molar-refractivity contribution < 1.29 is 45.3 Å². The molecule has 1 aliphatic heterocycles. The van der Waals surface area contributed by atoms with Gasteiger partial charge >= 0.3 is 0 Å². The minimum atomic E-state index is -1.79. The van der Waals surface area contributed by atoms with Crippen molar-refractivity contribution in [1.29, 1.82) is 0 Å². The lowest BCUT2D eigenvalue weighted by Crippen LogP contribution is -2.87. The molecule has 19 bridgehead atoms. The van der Waals surface area contributed by atoms with E-state index in [0.29, 0.717) is 55.6 Å². The second-order valence-electron chi connectivity index (χ2n) is 37.1. The van der Waals surface area contributed by atoms with Crippen LogP contribution in [0.3, 0.4) is 0 Å². The molecule has 0 unspecified atom stereocenters. The number of allylic oxidation sites excluding steroid dienone is 6. The number of piperidine rings is 1. The largest absolute Gasteiger partial charge is 0.504 e. The fraction of sp³-hybridized carbons (Fsp3) is 0.593. The van der Waals surface area contributed by atoms with E-state index in [2.05, 4.69) is 90.5 Å². The summed E-state index contributed by atoms with van der Waals surface area (Å²) >= 11 is 0. The number of carbonyl (C=O) groups excluding carboxylic acids is 1. The number of carbonyl (C=O) groups is 1. The number of aliphatic hydroxyl groups is 4. The van der Waals surface area contributed by atoms with E-state index in [1.54, 1.807) is 13.2 Å². The van der Waals surface area contributed by atoms with Crippen molar-refractivity contribution in [3.05, 3.63) is 164 Å². The molecule has 101 heavy (non-hydrogen) atoms. The number of ether oxygens (including phenoxy) is 1. The number of benzene rings is 4. The van der Waals surface area contributed by atoms with Crippen LogP contribution in [-0.4, -0.2) is 78.0 Å². The summed E-state index contributed by atoms with van der Waals surface area (Å²) in [6.45, 7) is -0.397. The molecule has 522 valence electrons. The van der Waals surface area contributed by atoms with Crippen LogP contribution in [0.4, 0.5) is 0 Å². The molecule has 24 rings (SSSR count). The van der Waals surface area contributed by atoms with Gasteiger partial charge in [-0.15, -0.1) is 5.92 Å². The number of nitrogens with one attached hydrogen (secondary N) is 1. The Kier molecular flexibility index (Phi) is 12.6. The van der Waals surface area contributed by atoms with Crippen molar-refractivity contribution in [1.82, 2.24) is 5.32 Å². The first-order valence-electron chi connectivity index (χ1n) is 40.1. The van der Waals surface area contributed by atoms with E-state index < -0.39 is 98.6 Å². The van der Waals surface area contributed by atoms with Gasteiger partial charge in [0.05, 0.1) is 37.4 Å². The highest BCUT2D eigenvalue weighted by molar-refractivity contribution is 5.86. The summed E-state index contributed by atoms with van der Waals surface area (Å²) in [5.41, 5.74) is 7.01. The van der Waals surface area contributed by atoms with Crippen LogP contribution in [0.25, 0.3) is 0 Å². The number of hydrogen-bond donors (Lipinski definition) is 8. The van der Waals surface area contributed by atoms with E-state index in [1.807, 2.05) is 24.3 Å². The summed E-state index contributed by atoms with van der Waals surface area (Å²) in [6.07, 6.45) is 36.5. The number of methoxy groups -OCH3 is 1. The second-order valence-corrected chi connectivity index (χ2v) is 37.1. The SMILES string of the molecule is COc1cc([C@@H]2CC(=O)[C@H]3[C@@H]4C=C[C@@]56C#CC[C@H]7N[C@]89CC[C@@]3(O)[C@H]([C@@H]7C#C[C@@H]2Cc2ccccc2)[C@]82c3cc(O)c(O)cc3[C@H]3C[C@@H]2[C@@]27C[C@@]38CCC[C@@H]8C=C2[C@H]2C[C@H](O)C(=CC2=C[C@H]7C9)C2(CCCCC2)c2cc4c5c(c2)[C@@]2(CCC3(CCCC3)C23CCCC3)C[C@@H]6O)c(CO)cc1O. The molecule has 1 heterocycles. The Morgan fingerprint density at radius 3 is 2.35 bits per heavy atom. The summed E-state index contributed by atoms with van der Waals surface area (Å²) in [5.74, 6) is 12.4. The van der Waals surface area contributed by atoms with E-state index in [9.17, 15) is 30.6 Å². The Bertz CT molecular complexity index is 4590. The third kappa shape index (κ3) is 7.19. The third-order valence-electron chi connectivity index (χ3n) is 34.7. The topological polar surface area (TPSA) is 180 Å². The van der Waals surface area contributed by atoms with Gasteiger partial charge in [-0.05, 0) is 241 Å². The summed E-state index contributed by atoms with van der Waals surface area (Å²) in [5, 5.41) is 98.0. The lowest BCUT2D eigenvalue weighted by atomic mass is 9.23. The van der Waals surface area contributed by atoms with Crippen LogP contribution in [-0.2, 0) is 39.5 Å². The third-order valence-corrected chi connectivity index (χ3v) is 34.7. The molecule has 1 saturated heterocycles. The number of fused-ring (bicyclic) bond motifs is 8. The van der Waals surface area contributed by atoms with Crippen molar-refractivity contribution in [3.8, 4) is 46.7 Å². The molecule has 21 atom stereocenters. The standard InChI is InChI=1S/C91H99NO9/c1-101-76-44-61(54(49-93)37-74(76)97)60-41-75(98)80-58-20-29-84-25-13-17-70-59(19-18-52(60)34-51-14-4-2-5-15-51)81-90(80,100)33-32-88(92-70)47-57-35-53-36-68(71(94)42-62(53)66-39-55-16-12-26-85(55)50-89(57,66)77-46-65(85)64-43-72(95)73(96)45-67(64)91(77,81)88)83(23-6-3-7-24-83)56-38-63(58)79(84)69(40-56)86(48-78(84)99)31-30-82(21-8-9-22-82)87(86)27-10-11-28-87/h2,4-5,14-15,20,29,35-40,43-45,52,55,57-60,62,65,70-71,77-78,80-81,92-97,99-100H,3,6-12,16-17,21-24,26-28,30-34,41-42,46-50H2,1H3/t52-,55-,57+,58-,59-,60-,62+,65-,70-,71+,77-,78+,80-,81+,84-,85-,86-,88+,89-,90+,91-/m1/s1. The van der Waals surface area contributed by atoms with Crippen LogP contribution >= 0.6 is 0 Å². The van der Waals surface area contributed by atoms with E-state index in [0.717, 1.165) is 130 Å². The molecule has 0 amide bonds. The van der Waals surface area contributed by atoms with Gasteiger partial charge in [0.2, 0.25) is 0 Å². The van der Waals surface area contributed by atoms with Crippen LogP contribution in [0.15, 0.2) is 114 Å². The highest BCUT2D eigenvalue weighted by atomic mass is 16.5. The van der Waals surface area contributed by atoms with Gasteiger partial charge in [-0.3, -0.25) is 4.79 Å². The van der Waals surface area contributed by atoms with Gasteiger partial charge in [-0.2, -0.15) is 0 Å². The summed E-state index contributed by atoms with van der Waals surface area (Å²) in [4.78, 5) is 18.5. The van der Waals surface area contributed by atoms with Crippen LogP contribution in [0.5, 0.6) is 23.0 Å². The maximum Gasteiger partial charge on any atom is 0.160 e. The predicted octanol–water partition coefficient (Wildman–Crippen LogP) is 14.9. The first kappa shape index (κ1) is 62.0. The quantitative estimate of drug-likeness (QED) is 0.0544. The van der Waals surface area contributed by atoms with Gasteiger partial charge in [-0.1, -0.05) is 148 Å². The van der Waals surface area contributed by atoms with Gasteiger partial charge in [0.1, 0.15) is 11.2 Å². The Morgan fingerprint density at radius 1 is 0.733 bits per heavy atom. The van der Waals surface area contributed by atoms with Crippen LogP contribution in [0, 0.1) is 92.7 Å². The van der Waals surface area contributed by atoms with E-state index >= 15 is 9.90 Å². The smallest absolute Gasteiger partial charge is 0.160 e. The van der Waals surface area contributed by atoms with Crippen LogP contribution in [0.1, 0.15) is 241 Å². The van der Waals surface area contributed by atoms with Gasteiger partial charge in [-0.25, -0.2) is 0 Å². The summed E-state index contributed by atoms with van der Waals surface area (Å²) in [6, 6.07) is 22.6. The molecular weight excluding hydrogens is 1250 g/mol. The maximum absolute atomic E-state index is 18.5. The number of Topliss-reactive ketones (excluding diaryl/α,β-unsaturated/α-hetero) is 1. The number of aromatic hydroxyl groups is 3. The zero-order chi connectivity index (χ0) is 68.0. The lowest BCUT2D eigenvalue weighted by molar-refractivity contribution is -0.262. The Balaban J connectivity index is 0.917. The molecule has 4 aromatic rings. The molecule has 10 heteroatoms. The first-order chi connectivity index (χ1) is 49.0. The predicted molar refractivity (Wildman–Crippen MR) is 385 cm³/mol. The molecule has 9 fully saturated rings. The van der Waals surface area contributed by atoms with Crippen molar-refractivity contribution in [2.45, 2.75) is 255 Å². The molecule has 0 radical (unpaired) electrons. The van der Waals surface area contributed by atoms with E-state index in [-0.39, 0.29) is 75.1 Å². The number of phenolic OH excluding ortho intramolecular Hbond substituents is 3. The van der Waals surface area contributed by atoms with Gasteiger partial charge in [0.25, 0.3) is 0 Å². The van der Waals surface area contributed by atoms with E-state index in [4.69, 9.17) is 10.1 Å². The lowest BCUT2D eigenvalue weighted by Gasteiger charge is -2.82. The molecule has 20 aliphatic rings. The Morgan fingerprint density at radius 2 is 1.53 bits per heavy atom. The fourth-order valence-electron chi connectivity index (χ4n) is 31.6. The minimum Gasteiger partial charge on any atom is -0.504 e. The molecule has 9 spiro atoms. The monoisotopic (exact) mass is 1350 g/mol. The number of hydrogen-bond acceptors (Lipinski definition) is 10. The molecule has 8 N–H and O–H groups in total. The summed E-state index contributed by atoms with van der Waals surface area (Å²) < 4.78 is 5.98. The van der Waals surface area contributed by atoms with Gasteiger partial charge in [0.15, 0.2) is 23.0 Å². The van der Waals surface area contributed by atoms with E-state index in [1.165, 1.54) is 60.8 Å². The maximum atomic E-state index is 18.5. The van der Waals surface area contributed by atoms with Gasteiger partial charge < -0.3 is 45.8 Å². The normalized spacial score (nSPS) is 44.0. The second kappa shape index (κ2) is 20.6. The van der Waals surface area contributed by atoms with Crippen LogP contribution in [0.2, 0.25) is 0 Å². The van der Waals surface area contributed by atoms with Crippen molar-refractivity contribution in [3.63, 3.8) is 0 Å². The Hall–Kier alpha value is -6.37. The number of aliphatic hydroxyl groups excluding tert-OH is 3. The average Bonchev–Trinajstić information content (AvgIpc) is 1.01. The summed E-state index contributed by atoms with van der Waals surface area (Å²) in [7, 11) is 1.54. The number of rotatable bonds is 5. The minimum absolute atomic E-state index is 0.0141.